The molecule has 0 aliphatic heterocycles. The Kier molecular flexibility index (Phi) is 7.16. The van der Waals surface area contributed by atoms with Gasteiger partial charge in [-0.05, 0) is 45.9 Å². The van der Waals surface area contributed by atoms with Gasteiger partial charge in [0.25, 0.3) is 0 Å². The number of halogens is 1. The molecule has 0 atom stereocenters. The van der Waals surface area contributed by atoms with Crippen molar-refractivity contribution in [3.63, 3.8) is 0 Å². The predicted molar refractivity (Wildman–Crippen MR) is 123 cm³/mol. The zero-order valence-corrected chi connectivity index (χ0v) is 19.1. The van der Waals surface area contributed by atoms with E-state index in [2.05, 4.69) is 5.32 Å². The van der Waals surface area contributed by atoms with Crippen LogP contribution in [0.3, 0.4) is 0 Å². The molecule has 0 aliphatic rings. The Labute approximate surface area is 191 Å². The smallest absolute Gasteiger partial charge is 0.419 e. The van der Waals surface area contributed by atoms with Crippen LogP contribution < -0.4 is 5.32 Å². The maximum absolute atomic E-state index is 14.1. The van der Waals surface area contributed by atoms with Gasteiger partial charge in [-0.25, -0.2) is 18.5 Å². The number of hydrogen-bond donors (Lipinski definition) is 1. The number of esters is 1. The molecule has 1 aromatic heterocycles. The Morgan fingerprint density at radius 2 is 1.76 bits per heavy atom. The highest BCUT2D eigenvalue weighted by molar-refractivity contribution is 6.11. The number of benzene rings is 2. The van der Waals surface area contributed by atoms with Crippen molar-refractivity contribution in [2.45, 2.75) is 39.7 Å². The first-order valence-electron chi connectivity index (χ1n) is 10.7. The van der Waals surface area contributed by atoms with E-state index in [0.717, 1.165) is 10.6 Å². The second kappa shape index (κ2) is 9.85. The van der Waals surface area contributed by atoms with Crippen molar-refractivity contribution in [1.29, 1.82) is 0 Å². The van der Waals surface area contributed by atoms with Crippen LogP contribution in [0.4, 0.5) is 14.9 Å². The number of carbonyl (C=O) groups excluding carboxylic acids is 3. The number of ether oxygens (including phenoxy) is 2. The van der Waals surface area contributed by atoms with Crippen LogP contribution in [-0.2, 0) is 9.47 Å². The molecule has 0 amide bonds. The van der Waals surface area contributed by atoms with E-state index in [1.54, 1.807) is 52.0 Å². The van der Waals surface area contributed by atoms with Crippen molar-refractivity contribution in [3.8, 4) is 0 Å². The zero-order chi connectivity index (χ0) is 24.2. The van der Waals surface area contributed by atoms with Gasteiger partial charge in [0.15, 0.2) is 11.5 Å². The quantitative estimate of drug-likeness (QED) is 0.379. The third-order valence-corrected chi connectivity index (χ3v) is 4.72. The first kappa shape index (κ1) is 24.0. The van der Waals surface area contributed by atoms with Crippen LogP contribution >= 0.6 is 0 Å². The molecule has 2 aromatic carbocycles. The summed E-state index contributed by atoms with van der Waals surface area (Å²) in [6.45, 7) is 6.98. The van der Waals surface area contributed by atoms with Crippen LogP contribution in [0.15, 0.2) is 48.5 Å². The minimum Gasteiger partial charge on any atom is -0.461 e. The molecular weight excluding hydrogens is 427 g/mol. The molecule has 0 bridgehead atoms. The number of nitrogens with zero attached hydrogens (tertiary/aromatic N) is 1. The summed E-state index contributed by atoms with van der Waals surface area (Å²) in [6.07, 6.45) is -0.693. The second-order valence-electron chi connectivity index (χ2n) is 8.39. The molecule has 174 valence electrons. The molecule has 1 N–H and O–H groups in total. The number of Topliss-reactive ketones (excluding diaryl/α,β-unsaturated/α-hetero) is 1. The maximum Gasteiger partial charge on any atom is 0.419 e. The SMILES string of the molecule is CCOC(=O)c1c(NCCC(=O)c2ccccc2)c2ccc(F)cc2n1C(=O)OC(C)(C)C. The average molecular weight is 454 g/mol. The third kappa shape index (κ3) is 5.58. The van der Waals surface area contributed by atoms with Crippen molar-refractivity contribution in [3.05, 3.63) is 65.6 Å². The van der Waals surface area contributed by atoms with E-state index in [0.29, 0.717) is 10.9 Å². The van der Waals surface area contributed by atoms with Crippen LogP contribution in [0.5, 0.6) is 0 Å². The van der Waals surface area contributed by atoms with Crippen LogP contribution in [0.1, 0.15) is 55.0 Å². The van der Waals surface area contributed by atoms with Crippen LogP contribution in [0.25, 0.3) is 10.9 Å². The second-order valence-corrected chi connectivity index (χ2v) is 8.39. The lowest BCUT2D eigenvalue weighted by Crippen LogP contribution is -2.29. The Hall–Kier alpha value is -3.68. The molecule has 7 nitrogen and oxygen atoms in total. The maximum atomic E-state index is 14.1. The molecule has 0 saturated heterocycles. The van der Waals surface area contributed by atoms with Gasteiger partial charge in [-0.2, -0.15) is 0 Å². The molecule has 0 aliphatic carbocycles. The summed E-state index contributed by atoms with van der Waals surface area (Å²) in [5, 5.41) is 3.51. The highest BCUT2D eigenvalue weighted by Crippen LogP contribution is 2.33. The molecule has 0 radical (unpaired) electrons. The van der Waals surface area contributed by atoms with Crippen LogP contribution in [0.2, 0.25) is 0 Å². The minimum atomic E-state index is -0.845. The molecule has 0 fully saturated rings. The number of carbonyl (C=O) groups is 3. The number of ketones is 1. The van der Waals surface area contributed by atoms with Gasteiger partial charge in [0, 0.05) is 23.9 Å². The molecule has 0 spiro atoms. The first-order chi connectivity index (χ1) is 15.6. The van der Waals surface area contributed by atoms with Crippen molar-refractivity contribution in [2.75, 3.05) is 18.5 Å². The van der Waals surface area contributed by atoms with Gasteiger partial charge in [-0.1, -0.05) is 30.3 Å². The molecular formula is C25H27FN2O5. The summed E-state index contributed by atoms with van der Waals surface area (Å²) in [5.41, 5.74) is 0.0456. The van der Waals surface area contributed by atoms with Gasteiger partial charge < -0.3 is 14.8 Å². The lowest BCUT2D eigenvalue weighted by molar-refractivity contribution is 0.0455. The fourth-order valence-corrected chi connectivity index (χ4v) is 3.40. The van der Waals surface area contributed by atoms with Crippen LogP contribution in [0, 0.1) is 5.82 Å². The summed E-state index contributed by atoms with van der Waals surface area (Å²) >= 11 is 0. The molecule has 33 heavy (non-hydrogen) atoms. The molecule has 0 unspecified atom stereocenters. The summed E-state index contributed by atoms with van der Waals surface area (Å²) in [6, 6.07) is 12.7. The third-order valence-electron chi connectivity index (χ3n) is 4.72. The molecule has 8 heteroatoms. The van der Waals surface area contributed by atoms with Crippen molar-refractivity contribution in [2.24, 2.45) is 0 Å². The number of nitrogens with one attached hydrogen (secondary N) is 1. The normalized spacial score (nSPS) is 11.3. The van der Waals surface area contributed by atoms with Gasteiger partial charge in [0.1, 0.15) is 11.4 Å². The fraction of sp³-hybridized carbons (Fsp3) is 0.320. The van der Waals surface area contributed by atoms with E-state index in [9.17, 15) is 18.8 Å². The Morgan fingerprint density at radius 3 is 2.39 bits per heavy atom. The largest absolute Gasteiger partial charge is 0.461 e. The van der Waals surface area contributed by atoms with Crippen molar-refractivity contribution in [1.82, 2.24) is 4.57 Å². The lowest BCUT2D eigenvalue weighted by atomic mass is 10.1. The Bertz CT molecular complexity index is 1180. The van der Waals surface area contributed by atoms with Gasteiger partial charge in [-0.3, -0.25) is 4.79 Å². The number of rotatable bonds is 7. The topological polar surface area (TPSA) is 86.6 Å². The first-order valence-corrected chi connectivity index (χ1v) is 10.7. The summed E-state index contributed by atoms with van der Waals surface area (Å²) in [5.74, 6) is -1.43. The number of fused-ring (bicyclic) bond motifs is 1. The summed E-state index contributed by atoms with van der Waals surface area (Å²) in [4.78, 5) is 38.4. The molecule has 3 aromatic rings. The minimum absolute atomic E-state index is 0.0783. The van der Waals surface area contributed by atoms with Gasteiger partial charge >= 0.3 is 12.1 Å². The van der Waals surface area contributed by atoms with Gasteiger partial charge in [0.2, 0.25) is 0 Å². The van der Waals surface area contributed by atoms with Crippen molar-refractivity contribution >= 4 is 34.4 Å². The van der Waals surface area contributed by atoms with E-state index in [1.807, 2.05) is 6.07 Å². The molecule has 1 heterocycles. The van der Waals surface area contributed by atoms with Gasteiger partial charge in [0.05, 0.1) is 17.8 Å². The zero-order valence-electron chi connectivity index (χ0n) is 19.1. The van der Waals surface area contributed by atoms with Crippen molar-refractivity contribution < 1.29 is 28.2 Å². The van der Waals surface area contributed by atoms with E-state index in [1.165, 1.54) is 12.1 Å². The van der Waals surface area contributed by atoms with Crippen LogP contribution in [-0.4, -0.2) is 41.2 Å². The molecule has 3 rings (SSSR count). The summed E-state index contributed by atoms with van der Waals surface area (Å²) in [7, 11) is 0. The number of aromatic nitrogens is 1. The van der Waals surface area contributed by atoms with E-state index in [4.69, 9.17) is 9.47 Å². The highest BCUT2D eigenvalue weighted by Gasteiger charge is 2.30. The predicted octanol–water partition coefficient (Wildman–Crippen LogP) is 5.43. The molecule has 0 saturated carbocycles. The Morgan fingerprint density at radius 1 is 1.06 bits per heavy atom. The standard InChI is InChI=1S/C25H27FN2O5/c1-5-32-23(30)22-21(27-14-13-20(29)16-9-7-6-8-10-16)18-12-11-17(26)15-19(18)28(22)24(31)33-25(2,3)4/h6-12,15,27H,5,13-14H2,1-4H3. The summed E-state index contributed by atoms with van der Waals surface area (Å²) < 4.78 is 25.8. The fourth-order valence-electron chi connectivity index (χ4n) is 3.40. The number of anilines is 1. The lowest BCUT2D eigenvalue weighted by Gasteiger charge is -2.20. The van der Waals surface area contributed by atoms with E-state index in [-0.39, 0.29) is 42.3 Å². The average Bonchev–Trinajstić information content (AvgIpc) is 3.07. The Balaban J connectivity index is 2.03. The monoisotopic (exact) mass is 454 g/mol. The van der Waals surface area contributed by atoms with E-state index >= 15 is 0 Å². The highest BCUT2D eigenvalue weighted by atomic mass is 19.1. The van der Waals surface area contributed by atoms with E-state index < -0.39 is 23.5 Å². The van der Waals surface area contributed by atoms with Gasteiger partial charge in [-0.15, -0.1) is 0 Å². The number of hydrogen-bond acceptors (Lipinski definition) is 6.